The minimum atomic E-state index is -0.799. The number of carbonyl (C=O) groups is 3. The number of allylic oxidation sites excluding steroid dienone is 1. The smallest absolute Gasteiger partial charge is 0.342 e. The van der Waals surface area contributed by atoms with Crippen molar-refractivity contribution in [1.82, 2.24) is 15.3 Å². The fourth-order valence-corrected chi connectivity index (χ4v) is 6.39. The van der Waals surface area contributed by atoms with E-state index < -0.39 is 23.7 Å². The molecule has 1 fully saturated rings. The molecule has 1 aromatic heterocycles. The molecule has 0 bridgehead atoms. The van der Waals surface area contributed by atoms with Gasteiger partial charge in [0.15, 0.2) is 0 Å². The van der Waals surface area contributed by atoms with Crippen molar-refractivity contribution < 1.29 is 34.1 Å². The van der Waals surface area contributed by atoms with Crippen molar-refractivity contribution in [3.63, 3.8) is 0 Å². The Morgan fingerprint density at radius 2 is 1.77 bits per heavy atom. The lowest BCUT2D eigenvalue weighted by Gasteiger charge is -2.32. The molecule has 3 heterocycles. The Labute approximate surface area is 281 Å². The zero-order valence-electron chi connectivity index (χ0n) is 27.6. The Morgan fingerprint density at radius 3 is 2.48 bits per heavy atom. The van der Waals surface area contributed by atoms with Crippen LogP contribution >= 0.6 is 0 Å². The molecule has 0 saturated carbocycles. The van der Waals surface area contributed by atoms with E-state index in [1.807, 2.05) is 6.08 Å². The van der Waals surface area contributed by atoms with Crippen molar-refractivity contribution >= 4 is 29.7 Å². The number of phenolic OH excluding ortho intramolecular Hbond substituents is 2. The molecule has 11 nitrogen and oxygen atoms in total. The maximum absolute atomic E-state index is 13.6. The van der Waals surface area contributed by atoms with Crippen LogP contribution in [0.25, 0.3) is 6.08 Å². The second-order valence-corrected chi connectivity index (χ2v) is 12.5. The van der Waals surface area contributed by atoms with Crippen LogP contribution in [0.5, 0.6) is 17.2 Å². The Kier molecular flexibility index (Phi) is 11.7. The zero-order valence-corrected chi connectivity index (χ0v) is 27.6. The van der Waals surface area contributed by atoms with E-state index in [4.69, 9.17) is 9.47 Å². The van der Waals surface area contributed by atoms with Gasteiger partial charge in [0, 0.05) is 62.3 Å². The van der Waals surface area contributed by atoms with E-state index in [1.54, 1.807) is 62.8 Å². The number of esters is 1. The molecular weight excluding hydrogens is 612 g/mol. The molecule has 2 aliphatic heterocycles. The number of aromatic nitrogens is 2. The summed E-state index contributed by atoms with van der Waals surface area (Å²) in [5.41, 5.74) is 0.931. The van der Waals surface area contributed by atoms with Gasteiger partial charge in [-0.25, -0.2) is 14.8 Å². The number of nitrogens with zero attached hydrogens (tertiary/aromatic N) is 3. The highest BCUT2D eigenvalue weighted by Gasteiger charge is 2.32. The van der Waals surface area contributed by atoms with Crippen LogP contribution in [0.1, 0.15) is 97.7 Å². The normalized spacial score (nSPS) is 19.4. The standard InChI is InChI=1S/C37H44N4O7/c1-24-8-6-11-28(42)10-5-3-4-9-26-22-31(43)34(35(45)33(26)36(46)48-24)30(25-12-14-29(47-2)15-13-25)23-32(44)40-27-16-20-41(21-17-27)37-38-18-7-19-39-37/h4,7,9,12-15,18-19,22,24,27,30,43,45H,3,5-6,8,10-11,16-17,20-21,23H2,1-2H3,(H,40,44)/b9-4+/t24-,30?/m0/s1. The summed E-state index contributed by atoms with van der Waals surface area (Å²) >= 11 is 0. The van der Waals surface area contributed by atoms with Gasteiger partial charge in [-0.3, -0.25) is 9.59 Å². The summed E-state index contributed by atoms with van der Waals surface area (Å²) in [6, 6.07) is 10.2. The third-order valence-electron chi connectivity index (χ3n) is 9.00. The summed E-state index contributed by atoms with van der Waals surface area (Å²) in [5.74, 6) is -1.03. The number of fused-ring (bicyclic) bond motifs is 1. The molecule has 1 amide bonds. The first kappa shape index (κ1) is 34.4. The van der Waals surface area contributed by atoms with E-state index in [1.165, 1.54) is 6.07 Å². The summed E-state index contributed by atoms with van der Waals surface area (Å²) in [7, 11) is 1.55. The first-order chi connectivity index (χ1) is 23.2. The summed E-state index contributed by atoms with van der Waals surface area (Å²) < 4.78 is 11.1. The Bertz CT molecular complexity index is 1600. The third kappa shape index (κ3) is 8.70. The number of carbonyl (C=O) groups excluding carboxylic acids is 3. The van der Waals surface area contributed by atoms with Gasteiger partial charge in [-0.15, -0.1) is 0 Å². The van der Waals surface area contributed by atoms with Crippen LogP contribution in [0.3, 0.4) is 0 Å². The van der Waals surface area contributed by atoms with Crippen molar-refractivity contribution in [3.05, 3.63) is 77.1 Å². The number of benzene rings is 2. The quantitative estimate of drug-likeness (QED) is 0.271. The SMILES string of the molecule is COc1ccc(C(CC(=O)NC2CCN(c3ncccn3)CC2)c2c(O)cc3c(c2O)C(=O)O[C@@H](C)CCCC(=O)CCC/C=C/3)cc1. The molecule has 1 unspecified atom stereocenters. The molecule has 2 aliphatic rings. The number of ketones is 1. The van der Waals surface area contributed by atoms with E-state index in [-0.39, 0.29) is 41.0 Å². The molecule has 254 valence electrons. The minimum Gasteiger partial charge on any atom is -0.507 e. The van der Waals surface area contributed by atoms with E-state index in [9.17, 15) is 24.6 Å². The van der Waals surface area contributed by atoms with Crippen molar-refractivity contribution in [2.75, 3.05) is 25.1 Å². The van der Waals surface area contributed by atoms with Gasteiger partial charge in [-0.1, -0.05) is 24.3 Å². The van der Waals surface area contributed by atoms with Crippen LogP contribution in [0, 0.1) is 0 Å². The minimum absolute atomic E-state index is 0.0647. The number of cyclic esters (lactones) is 1. The Morgan fingerprint density at radius 1 is 1.06 bits per heavy atom. The van der Waals surface area contributed by atoms with Crippen LogP contribution in [0.15, 0.2) is 54.9 Å². The number of ether oxygens (including phenoxy) is 2. The van der Waals surface area contributed by atoms with Crippen LogP contribution in [-0.2, 0) is 14.3 Å². The highest BCUT2D eigenvalue weighted by atomic mass is 16.5. The van der Waals surface area contributed by atoms with Gasteiger partial charge in [0.1, 0.15) is 28.6 Å². The maximum atomic E-state index is 13.6. The first-order valence-corrected chi connectivity index (χ1v) is 16.7. The summed E-state index contributed by atoms with van der Waals surface area (Å²) in [5, 5.41) is 26.4. The molecule has 0 spiro atoms. The summed E-state index contributed by atoms with van der Waals surface area (Å²) in [6.07, 6.45) is 10.9. The van der Waals surface area contributed by atoms with Gasteiger partial charge in [-0.05, 0) is 80.8 Å². The zero-order chi connectivity index (χ0) is 34.0. The lowest BCUT2D eigenvalue weighted by atomic mass is 9.84. The van der Waals surface area contributed by atoms with Crippen molar-refractivity contribution in [3.8, 4) is 17.2 Å². The molecule has 5 rings (SSSR count). The van der Waals surface area contributed by atoms with Crippen molar-refractivity contribution in [2.24, 2.45) is 0 Å². The number of amides is 1. The third-order valence-corrected chi connectivity index (χ3v) is 9.00. The lowest BCUT2D eigenvalue weighted by Crippen LogP contribution is -2.45. The number of nitrogens with one attached hydrogen (secondary N) is 1. The summed E-state index contributed by atoms with van der Waals surface area (Å²) in [4.78, 5) is 50.2. The van der Waals surface area contributed by atoms with Gasteiger partial charge in [-0.2, -0.15) is 0 Å². The predicted molar refractivity (Wildman–Crippen MR) is 181 cm³/mol. The second-order valence-electron chi connectivity index (χ2n) is 12.5. The van der Waals surface area contributed by atoms with Crippen LogP contribution in [0.4, 0.5) is 5.95 Å². The molecule has 48 heavy (non-hydrogen) atoms. The number of phenols is 2. The second kappa shape index (κ2) is 16.3. The molecule has 1 saturated heterocycles. The number of hydrogen-bond donors (Lipinski definition) is 3. The van der Waals surface area contributed by atoms with E-state index in [2.05, 4.69) is 20.2 Å². The average Bonchev–Trinajstić information content (AvgIpc) is 3.08. The van der Waals surface area contributed by atoms with Crippen LogP contribution in [0.2, 0.25) is 0 Å². The van der Waals surface area contributed by atoms with E-state index >= 15 is 0 Å². The van der Waals surface area contributed by atoms with Gasteiger partial charge in [0.25, 0.3) is 0 Å². The lowest BCUT2D eigenvalue weighted by molar-refractivity contribution is -0.122. The van der Waals surface area contributed by atoms with E-state index in [0.717, 1.165) is 0 Å². The Balaban J connectivity index is 1.44. The fraction of sp³-hybridized carbons (Fsp3) is 0.432. The topological polar surface area (TPSA) is 151 Å². The molecule has 2 aromatic carbocycles. The molecular formula is C37H44N4O7. The molecule has 0 radical (unpaired) electrons. The van der Waals surface area contributed by atoms with Gasteiger partial charge in [0.2, 0.25) is 11.9 Å². The highest BCUT2D eigenvalue weighted by molar-refractivity contribution is 5.98. The fourth-order valence-electron chi connectivity index (χ4n) is 6.39. The average molecular weight is 657 g/mol. The summed E-state index contributed by atoms with van der Waals surface area (Å²) in [6.45, 7) is 3.13. The van der Waals surface area contributed by atoms with Crippen LogP contribution < -0.4 is 15.0 Å². The monoisotopic (exact) mass is 656 g/mol. The molecule has 3 aromatic rings. The van der Waals surface area contributed by atoms with Crippen molar-refractivity contribution in [1.29, 1.82) is 0 Å². The van der Waals surface area contributed by atoms with Crippen molar-refractivity contribution in [2.45, 2.75) is 82.8 Å². The number of hydrogen-bond acceptors (Lipinski definition) is 10. The first-order valence-electron chi connectivity index (χ1n) is 16.7. The number of rotatable bonds is 7. The number of anilines is 1. The predicted octanol–water partition coefficient (Wildman–Crippen LogP) is 5.69. The number of aromatic hydroxyl groups is 2. The van der Waals surface area contributed by atoms with Gasteiger partial charge in [0.05, 0.1) is 13.2 Å². The molecule has 3 N–H and O–H groups in total. The molecule has 2 atom stereocenters. The largest absolute Gasteiger partial charge is 0.507 e. The van der Waals surface area contributed by atoms with E-state index in [0.29, 0.717) is 87.3 Å². The van der Waals surface area contributed by atoms with Gasteiger partial charge >= 0.3 is 5.97 Å². The number of Topliss-reactive ketones (excluding diaryl/α,β-unsaturated/α-hetero) is 1. The van der Waals surface area contributed by atoms with Crippen LogP contribution in [-0.4, -0.2) is 70.2 Å². The molecule has 0 aliphatic carbocycles. The van der Waals surface area contributed by atoms with Gasteiger partial charge < -0.3 is 29.9 Å². The number of piperidine rings is 1. The Hall–Kier alpha value is -4.93. The number of methoxy groups -OCH3 is 1. The highest BCUT2D eigenvalue weighted by Crippen LogP contribution is 2.44. The maximum Gasteiger partial charge on any atom is 0.342 e. The molecule has 11 heteroatoms.